The van der Waals surface area contributed by atoms with Gasteiger partial charge < -0.3 is 19.9 Å². The number of alkyl carbamates (subject to hydrolysis) is 1. The summed E-state index contributed by atoms with van der Waals surface area (Å²) in [4.78, 5) is 43.7. The first-order valence-electron chi connectivity index (χ1n) is 14.9. The largest absolute Gasteiger partial charge is 0.444 e. The monoisotopic (exact) mass is 584 g/mol. The zero-order valence-corrected chi connectivity index (χ0v) is 26.0. The molecule has 0 radical (unpaired) electrons. The number of carbonyl (C=O) groups is 3. The van der Waals surface area contributed by atoms with E-state index in [0.717, 1.165) is 49.2 Å². The Bertz CT molecular complexity index is 1380. The van der Waals surface area contributed by atoms with Gasteiger partial charge in [-0.05, 0) is 74.1 Å². The van der Waals surface area contributed by atoms with Gasteiger partial charge in [-0.2, -0.15) is 0 Å². The summed E-state index contributed by atoms with van der Waals surface area (Å²) in [5.74, 6) is -0.174. The number of carbonyl (C=O) groups excluding carboxylic acids is 3. The van der Waals surface area contributed by atoms with Crippen molar-refractivity contribution in [2.45, 2.75) is 58.3 Å². The molecule has 1 N–H and O–H groups in total. The predicted octanol–water partition coefficient (Wildman–Crippen LogP) is 5.57. The molecule has 1 fully saturated rings. The fourth-order valence-corrected chi connectivity index (χ4v) is 5.29. The van der Waals surface area contributed by atoms with Crippen LogP contribution in [0.5, 0.6) is 0 Å². The zero-order valence-electron chi connectivity index (χ0n) is 26.0. The number of rotatable bonds is 9. The number of ether oxygens (including phenoxy) is 1. The van der Waals surface area contributed by atoms with Crippen LogP contribution in [0.25, 0.3) is 11.1 Å². The maximum Gasteiger partial charge on any atom is 0.408 e. The van der Waals surface area contributed by atoms with Crippen molar-refractivity contribution in [1.82, 2.24) is 20.0 Å². The molecule has 0 bridgehead atoms. The van der Waals surface area contributed by atoms with Crippen molar-refractivity contribution >= 4 is 17.9 Å². The van der Waals surface area contributed by atoms with Crippen LogP contribution in [0.1, 0.15) is 55.1 Å². The van der Waals surface area contributed by atoms with E-state index in [-0.39, 0.29) is 24.4 Å². The molecule has 0 spiro atoms. The molecule has 0 saturated carbocycles. The van der Waals surface area contributed by atoms with Crippen LogP contribution in [0.2, 0.25) is 0 Å². The third-order valence-corrected chi connectivity index (χ3v) is 7.69. The van der Waals surface area contributed by atoms with Gasteiger partial charge in [0.15, 0.2) is 0 Å². The molecular weight excluding hydrogens is 540 g/mol. The molecule has 0 aliphatic carbocycles. The lowest BCUT2D eigenvalue weighted by Gasteiger charge is -2.36. The van der Waals surface area contributed by atoms with Gasteiger partial charge in [-0.25, -0.2) is 4.79 Å². The summed E-state index contributed by atoms with van der Waals surface area (Å²) in [6, 6.07) is 26.5. The predicted molar refractivity (Wildman–Crippen MR) is 169 cm³/mol. The van der Waals surface area contributed by atoms with E-state index in [2.05, 4.69) is 34.5 Å². The van der Waals surface area contributed by atoms with E-state index in [9.17, 15) is 14.4 Å². The van der Waals surface area contributed by atoms with Crippen molar-refractivity contribution in [1.29, 1.82) is 0 Å². The van der Waals surface area contributed by atoms with Gasteiger partial charge in [0.1, 0.15) is 12.1 Å². The Morgan fingerprint density at radius 1 is 0.860 bits per heavy atom. The van der Waals surface area contributed by atoms with Crippen LogP contribution in [0.3, 0.4) is 0 Å². The van der Waals surface area contributed by atoms with Gasteiger partial charge in [0.05, 0.1) is 0 Å². The number of likely N-dealkylation sites (N-methyl/N-ethyl adjacent to an activating group) is 1. The molecule has 8 heteroatoms. The summed E-state index contributed by atoms with van der Waals surface area (Å²) < 4.78 is 5.19. The molecule has 0 aromatic heterocycles. The van der Waals surface area contributed by atoms with Crippen LogP contribution in [-0.2, 0) is 22.6 Å². The Morgan fingerprint density at radius 3 is 2.16 bits per heavy atom. The molecule has 1 heterocycles. The molecule has 3 aromatic carbocycles. The van der Waals surface area contributed by atoms with Crippen LogP contribution >= 0.6 is 0 Å². The van der Waals surface area contributed by atoms with Crippen molar-refractivity contribution in [3.63, 3.8) is 0 Å². The first-order valence-corrected chi connectivity index (χ1v) is 14.9. The average Bonchev–Trinajstić information content (AvgIpc) is 2.99. The second-order valence-electron chi connectivity index (χ2n) is 12.3. The Morgan fingerprint density at radius 2 is 1.51 bits per heavy atom. The molecule has 3 amide bonds. The van der Waals surface area contributed by atoms with Gasteiger partial charge >= 0.3 is 6.09 Å². The lowest BCUT2D eigenvalue weighted by atomic mass is 9.99. The van der Waals surface area contributed by atoms with Gasteiger partial charge in [0, 0.05) is 51.9 Å². The van der Waals surface area contributed by atoms with Gasteiger partial charge in [-0.3, -0.25) is 14.5 Å². The third-order valence-electron chi connectivity index (χ3n) is 7.69. The van der Waals surface area contributed by atoms with E-state index in [1.165, 1.54) is 5.56 Å². The summed E-state index contributed by atoms with van der Waals surface area (Å²) in [5.41, 5.74) is 4.34. The first-order chi connectivity index (χ1) is 20.5. The molecule has 0 unspecified atom stereocenters. The SMILES string of the molecule is CN(Cc1cccc(-c2ccc(C(=O)N(C)C3CCN(Cc4ccccc4)CC3)cc2)c1)C(=O)CNC(=O)OC(C)(C)C. The van der Waals surface area contributed by atoms with Crippen molar-refractivity contribution < 1.29 is 19.1 Å². The number of amides is 3. The highest BCUT2D eigenvalue weighted by molar-refractivity contribution is 5.94. The number of hydrogen-bond donors (Lipinski definition) is 1. The molecule has 43 heavy (non-hydrogen) atoms. The normalized spacial score (nSPS) is 14.2. The Balaban J connectivity index is 1.29. The summed E-state index contributed by atoms with van der Waals surface area (Å²) in [7, 11) is 3.62. The van der Waals surface area contributed by atoms with Crippen LogP contribution < -0.4 is 5.32 Å². The second kappa shape index (κ2) is 14.3. The smallest absolute Gasteiger partial charge is 0.408 e. The quantitative estimate of drug-likeness (QED) is 0.356. The molecule has 228 valence electrons. The molecule has 1 saturated heterocycles. The van der Waals surface area contributed by atoms with Gasteiger partial charge in [-0.15, -0.1) is 0 Å². The van der Waals surface area contributed by atoms with Gasteiger partial charge in [0.25, 0.3) is 5.91 Å². The topological polar surface area (TPSA) is 82.2 Å². The maximum absolute atomic E-state index is 13.3. The first kappa shape index (κ1) is 31.8. The molecule has 3 aromatic rings. The fourth-order valence-electron chi connectivity index (χ4n) is 5.29. The summed E-state index contributed by atoms with van der Waals surface area (Å²) in [6.45, 7) is 8.49. The van der Waals surface area contributed by atoms with Crippen LogP contribution in [0, 0.1) is 0 Å². The highest BCUT2D eigenvalue weighted by Crippen LogP contribution is 2.24. The molecule has 4 rings (SSSR count). The molecule has 1 aliphatic heterocycles. The van der Waals surface area contributed by atoms with Crippen molar-refractivity contribution in [3.8, 4) is 11.1 Å². The molecule has 8 nitrogen and oxygen atoms in total. The minimum absolute atomic E-state index is 0.0435. The van der Waals surface area contributed by atoms with E-state index in [1.807, 2.05) is 66.5 Å². The van der Waals surface area contributed by atoms with Crippen LogP contribution in [0.15, 0.2) is 78.9 Å². The van der Waals surface area contributed by atoms with Crippen molar-refractivity contribution in [2.75, 3.05) is 33.7 Å². The maximum atomic E-state index is 13.3. The summed E-state index contributed by atoms with van der Waals surface area (Å²) in [5, 5.41) is 2.51. The van der Waals surface area contributed by atoms with E-state index in [1.54, 1.807) is 32.7 Å². The molecule has 0 atom stereocenters. The number of piperidine rings is 1. The second-order valence-corrected chi connectivity index (χ2v) is 12.3. The zero-order chi connectivity index (χ0) is 31.0. The number of benzene rings is 3. The number of likely N-dealkylation sites (tertiary alicyclic amines) is 1. The molecule has 1 aliphatic rings. The lowest BCUT2D eigenvalue weighted by molar-refractivity contribution is -0.129. The third kappa shape index (κ3) is 9.41. The Kier molecular flexibility index (Phi) is 10.6. The molecular formula is C35H44N4O4. The summed E-state index contributed by atoms with van der Waals surface area (Å²) in [6.07, 6.45) is 1.32. The standard InChI is InChI=1S/C35H44N4O4/c1-35(2,3)43-34(42)36-23-32(40)37(4)24-27-12-9-13-30(22-27)28-14-16-29(17-15-28)33(41)38(5)31-18-20-39(21-19-31)25-26-10-7-6-8-11-26/h6-17,22,31H,18-21,23-25H2,1-5H3,(H,36,42). The Labute approximate surface area is 255 Å². The van der Waals surface area contributed by atoms with E-state index < -0.39 is 11.7 Å². The summed E-state index contributed by atoms with van der Waals surface area (Å²) >= 11 is 0. The number of nitrogens with zero attached hydrogens (tertiary/aromatic N) is 3. The van der Waals surface area contributed by atoms with Crippen molar-refractivity contribution in [3.05, 3.63) is 95.6 Å². The van der Waals surface area contributed by atoms with Crippen molar-refractivity contribution in [2.24, 2.45) is 0 Å². The average molecular weight is 585 g/mol. The van der Waals surface area contributed by atoms with Gasteiger partial charge in [-0.1, -0.05) is 60.7 Å². The van der Waals surface area contributed by atoms with E-state index >= 15 is 0 Å². The Hall–Kier alpha value is -4.17. The highest BCUT2D eigenvalue weighted by Gasteiger charge is 2.26. The lowest BCUT2D eigenvalue weighted by Crippen LogP contribution is -2.45. The minimum atomic E-state index is -0.623. The fraction of sp³-hybridized carbons (Fsp3) is 0.400. The van der Waals surface area contributed by atoms with Crippen LogP contribution in [-0.4, -0.2) is 78.0 Å². The number of nitrogens with one attached hydrogen (secondary N) is 1. The number of hydrogen-bond acceptors (Lipinski definition) is 5. The van der Waals surface area contributed by atoms with E-state index in [0.29, 0.717) is 12.1 Å². The highest BCUT2D eigenvalue weighted by atomic mass is 16.6. The van der Waals surface area contributed by atoms with Gasteiger partial charge in [0.2, 0.25) is 5.91 Å². The van der Waals surface area contributed by atoms with Crippen LogP contribution in [0.4, 0.5) is 4.79 Å². The van der Waals surface area contributed by atoms with E-state index in [4.69, 9.17) is 4.74 Å². The minimum Gasteiger partial charge on any atom is -0.444 e.